The minimum Gasteiger partial charge on any atom is -0.399 e. The molecule has 1 atom stereocenters. The third kappa shape index (κ3) is 3.59. The zero-order valence-corrected chi connectivity index (χ0v) is 12.2. The molecule has 0 aliphatic rings. The number of hydrogen-bond donors (Lipinski definition) is 2. The number of nitrogens with one attached hydrogen (secondary N) is 1. The predicted molar refractivity (Wildman–Crippen MR) is 77.6 cm³/mol. The number of sulfonamides is 1. The van der Waals surface area contributed by atoms with Gasteiger partial charge in [-0.2, -0.15) is 5.26 Å². The van der Waals surface area contributed by atoms with E-state index in [1.165, 1.54) is 18.2 Å². The molecule has 0 fully saturated rings. The summed E-state index contributed by atoms with van der Waals surface area (Å²) in [7, 11) is -3.78. The summed E-state index contributed by atoms with van der Waals surface area (Å²) >= 11 is 0. The van der Waals surface area contributed by atoms with Crippen LogP contribution in [-0.2, 0) is 16.6 Å². The Morgan fingerprint density at radius 2 is 2.29 bits per heavy atom. The van der Waals surface area contributed by atoms with E-state index in [4.69, 9.17) is 11.0 Å². The van der Waals surface area contributed by atoms with Gasteiger partial charge in [-0.1, -0.05) is 0 Å². The highest BCUT2D eigenvalue weighted by Gasteiger charge is 2.21. The highest BCUT2D eigenvalue weighted by molar-refractivity contribution is 7.89. The zero-order valence-electron chi connectivity index (χ0n) is 11.4. The smallest absolute Gasteiger partial charge is 0.242 e. The maximum absolute atomic E-state index is 12.3. The fraction of sp³-hybridized carbons (Fsp3) is 0.231. The molecule has 1 aromatic heterocycles. The van der Waals surface area contributed by atoms with Crippen molar-refractivity contribution in [1.82, 2.24) is 14.3 Å². The monoisotopic (exact) mass is 305 g/mol. The molecule has 0 saturated carbocycles. The summed E-state index contributed by atoms with van der Waals surface area (Å²) in [6, 6.07) is 5.62. The van der Waals surface area contributed by atoms with Crippen LogP contribution < -0.4 is 10.5 Å². The summed E-state index contributed by atoms with van der Waals surface area (Å²) in [6.45, 7) is 2.18. The average molecular weight is 305 g/mol. The molecule has 8 heteroatoms. The standard InChI is InChI=1S/C13H15N5O2S/c1-10(8-18-5-4-16-9-18)17-21(19,20)13-3-2-12(15)6-11(13)7-14/h2-6,9-10,17H,8,15H2,1H3. The third-order valence-electron chi connectivity index (χ3n) is 2.81. The van der Waals surface area contributed by atoms with Gasteiger partial charge in [0, 0.05) is 30.7 Å². The molecule has 0 radical (unpaired) electrons. The quantitative estimate of drug-likeness (QED) is 0.789. The van der Waals surface area contributed by atoms with Crippen molar-refractivity contribution in [2.75, 3.05) is 5.73 Å². The maximum atomic E-state index is 12.3. The van der Waals surface area contributed by atoms with Gasteiger partial charge in [-0.3, -0.25) is 0 Å². The molecule has 110 valence electrons. The van der Waals surface area contributed by atoms with E-state index in [1.54, 1.807) is 30.2 Å². The number of nitrogen functional groups attached to an aromatic ring is 1. The first-order valence-corrected chi connectivity index (χ1v) is 7.68. The molecule has 0 aliphatic heterocycles. The predicted octanol–water partition coefficient (Wildman–Crippen LogP) is 0.704. The molecule has 0 bridgehead atoms. The van der Waals surface area contributed by atoms with Gasteiger partial charge in [0.15, 0.2) is 0 Å². The van der Waals surface area contributed by atoms with E-state index in [0.717, 1.165) is 0 Å². The van der Waals surface area contributed by atoms with Crippen LogP contribution in [-0.4, -0.2) is 24.0 Å². The lowest BCUT2D eigenvalue weighted by molar-refractivity contribution is 0.520. The largest absolute Gasteiger partial charge is 0.399 e. The molecular formula is C13H15N5O2S. The Balaban J connectivity index is 2.21. The molecule has 0 amide bonds. The second-order valence-corrected chi connectivity index (χ2v) is 6.33. The Morgan fingerprint density at radius 3 is 2.90 bits per heavy atom. The van der Waals surface area contributed by atoms with Crippen molar-refractivity contribution in [3.63, 3.8) is 0 Å². The van der Waals surface area contributed by atoms with Crippen LogP contribution in [0.25, 0.3) is 0 Å². The molecule has 0 spiro atoms. The number of imidazole rings is 1. The van der Waals surface area contributed by atoms with E-state index in [9.17, 15) is 8.42 Å². The van der Waals surface area contributed by atoms with Gasteiger partial charge in [-0.05, 0) is 25.1 Å². The van der Waals surface area contributed by atoms with E-state index in [2.05, 4.69) is 9.71 Å². The van der Waals surface area contributed by atoms with Crippen molar-refractivity contribution >= 4 is 15.7 Å². The van der Waals surface area contributed by atoms with Gasteiger partial charge in [0.05, 0.1) is 16.8 Å². The molecular weight excluding hydrogens is 290 g/mol. The van der Waals surface area contributed by atoms with Gasteiger partial charge in [0.25, 0.3) is 0 Å². The van der Waals surface area contributed by atoms with Crippen molar-refractivity contribution in [3.8, 4) is 6.07 Å². The van der Waals surface area contributed by atoms with E-state index in [-0.39, 0.29) is 16.5 Å². The molecule has 7 nitrogen and oxygen atoms in total. The molecule has 0 aliphatic carbocycles. The lowest BCUT2D eigenvalue weighted by atomic mass is 10.2. The third-order valence-corrected chi connectivity index (χ3v) is 4.46. The Labute approximate surface area is 123 Å². The van der Waals surface area contributed by atoms with Crippen LogP contribution >= 0.6 is 0 Å². The Hall–Kier alpha value is -2.37. The first kappa shape index (κ1) is 15.0. The molecule has 3 N–H and O–H groups in total. The first-order valence-electron chi connectivity index (χ1n) is 6.20. The Kier molecular flexibility index (Phi) is 4.26. The number of nitrogens with zero attached hydrogens (tertiary/aromatic N) is 3. The second-order valence-electron chi connectivity index (χ2n) is 4.65. The highest BCUT2D eigenvalue weighted by atomic mass is 32.2. The van der Waals surface area contributed by atoms with Crippen LogP contribution in [0.3, 0.4) is 0 Å². The Morgan fingerprint density at radius 1 is 1.52 bits per heavy atom. The first-order chi connectivity index (χ1) is 9.92. The lowest BCUT2D eigenvalue weighted by Gasteiger charge is -2.15. The summed E-state index contributed by atoms with van der Waals surface area (Å²) in [5.41, 5.74) is 5.93. The minimum atomic E-state index is -3.78. The number of hydrogen-bond acceptors (Lipinski definition) is 5. The number of aromatic nitrogens is 2. The molecule has 1 unspecified atom stereocenters. The molecule has 1 aromatic carbocycles. The van der Waals surface area contributed by atoms with Gasteiger partial charge in [0.2, 0.25) is 10.0 Å². The molecule has 0 saturated heterocycles. The van der Waals surface area contributed by atoms with E-state index >= 15 is 0 Å². The fourth-order valence-corrected chi connectivity index (χ4v) is 3.32. The van der Waals surface area contributed by atoms with E-state index in [0.29, 0.717) is 12.2 Å². The van der Waals surface area contributed by atoms with Crippen LogP contribution in [0.1, 0.15) is 12.5 Å². The fourth-order valence-electron chi connectivity index (χ4n) is 1.95. The van der Waals surface area contributed by atoms with Crippen LogP contribution in [0.2, 0.25) is 0 Å². The van der Waals surface area contributed by atoms with Crippen molar-refractivity contribution in [3.05, 3.63) is 42.5 Å². The molecule has 2 rings (SSSR count). The van der Waals surface area contributed by atoms with Crippen LogP contribution in [0, 0.1) is 11.3 Å². The van der Waals surface area contributed by atoms with Gasteiger partial charge >= 0.3 is 0 Å². The van der Waals surface area contributed by atoms with Crippen molar-refractivity contribution in [2.24, 2.45) is 0 Å². The summed E-state index contributed by atoms with van der Waals surface area (Å²) in [5.74, 6) is 0. The van der Waals surface area contributed by atoms with E-state index in [1.807, 2.05) is 6.07 Å². The summed E-state index contributed by atoms with van der Waals surface area (Å²) in [4.78, 5) is 3.82. The number of nitriles is 1. The number of nitrogens with two attached hydrogens (primary N) is 1. The zero-order chi connectivity index (χ0) is 15.5. The molecule has 2 aromatic rings. The summed E-state index contributed by atoms with van der Waals surface area (Å²) in [6.07, 6.45) is 4.97. The average Bonchev–Trinajstić information content (AvgIpc) is 2.90. The van der Waals surface area contributed by atoms with Crippen molar-refractivity contribution in [1.29, 1.82) is 5.26 Å². The summed E-state index contributed by atoms with van der Waals surface area (Å²) in [5, 5.41) is 9.04. The molecule has 1 heterocycles. The number of rotatable bonds is 5. The van der Waals surface area contributed by atoms with Gasteiger partial charge in [-0.15, -0.1) is 0 Å². The Bertz CT molecular complexity index is 762. The number of benzene rings is 1. The van der Waals surface area contributed by atoms with Crippen molar-refractivity contribution < 1.29 is 8.42 Å². The van der Waals surface area contributed by atoms with Crippen LogP contribution in [0.5, 0.6) is 0 Å². The topological polar surface area (TPSA) is 114 Å². The maximum Gasteiger partial charge on any atom is 0.242 e. The lowest BCUT2D eigenvalue weighted by Crippen LogP contribution is -2.35. The van der Waals surface area contributed by atoms with Crippen LogP contribution in [0.15, 0.2) is 41.8 Å². The molecule has 21 heavy (non-hydrogen) atoms. The van der Waals surface area contributed by atoms with E-state index < -0.39 is 10.0 Å². The highest BCUT2D eigenvalue weighted by Crippen LogP contribution is 2.18. The summed E-state index contributed by atoms with van der Waals surface area (Å²) < 4.78 is 29.0. The van der Waals surface area contributed by atoms with Gasteiger partial charge < -0.3 is 10.3 Å². The van der Waals surface area contributed by atoms with Gasteiger partial charge in [0.1, 0.15) is 6.07 Å². The second kappa shape index (κ2) is 5.95. The normalized spacial score (nSPS) is 12.8. The van der Waals surface area contributed by atoms with Crippen molar-refractivity contribution in [2.45, 2.75) is 24.4 Å². The number of anilines is 1. The minimum absolute atomic E-state index is 0.0253. The SMILES string of the molecule is CC(Cn1ccnc1)NS(=O)(=O)c1ccc(N)cc1C#N. The van der Waals surface area contributed by atoms with Gasteiger partial charge in [-0.25, -0.2) is 18.1 Å². The van der Waals surface area contributed by atoms with Crippen LogP contribution in [0.4, 0.5) is 5.69 Å².